The van der Waals surface area contributed by atoms with Gasteiger partial charge in [-0.1, -0.05) is 24.0 Å². The van der Waals surface area contributed by atoms with Crippen molar-refractivity contribution in [3.8, 4) is 23.7 Å². The molecule has 2 rings (SSSR count). The zero-order valence-corrected chi connectivity index (χ0v) is 15.4. The molecule has 4 heteroatoms. The molecular weight excluding hydrogens is 324 g/mol. The number of ether oxygens (including phenoxy) is 1. The van der Waals surface area contributed by atoms with Crippen LogP contribution in [0.4, 0.5) is 0 Å². The highest BCUT2D eigenvalue weighted by Gasteiger charge is 2.13. The van der Waals surface area contributed by atoms with Gasteiger partial charge < -0.3 is 15.2 Å². The number of rotatable bonds is 5. The second kappa shape index (κ2) is 9.06. The van der Waals surface area contributed by atoms with Crippen LogP contribution < -0.4 is 10.1 Å². The van der Waals surface area contributed by atoms with Crippen LogP contribution in [0.5, 0.6) is 5.75 Å². The van der Waals surface area contributed by atoms with Crippen LogP contribution in [0.2, 0.25) is 0 Å². The number of benzene rings is 2. The van der Waals surface area contributed by atoms with Gasteiger partial charge in [0.15, 0.2) is 0 Å². The maximum atomic E-state index is 10.1. The summed E-state index contributed by atoms with van der Waals surface area (Å²) in [7, 11) is 0. The van der Waals surface area contributed by atoms with Crippen LogP contribution in [0.3, 0.4) is 0 Å². The molecule has 0 fully saturated rings. The number of aliphatic hydroxyl groups excluding tert-OH is 1. The van der Waals surface area contributed by atoms with Gasteiger partial charge >= 0.3 is 0 Å². The number of hydrogen-bond acceptors (Lipinski definition) is 4. The fourth-order valence-corrected chi connectivity index (χ4v) is 2.13. The smallest absolute Gasteiger partial charge is 0.135 e. The summed E-state index contributed by atoms with van der Waals surface area (Å²) >= 11 is 0. The van der Waals surface area contributed by atoms with Gasteiger partial charge in [0.05, 0.1) is 17.2 Å². The molecule has 0 amide bonds. The molecule has 4 nitrogen and oxygen atoms in total. The molecule has 0 saturated carbocycles. The molecule has 2 aromatic carbocycles. The molecule has 1 atom stereocenters. The second-order valence-corrected chi connectivity index (χ2v) is 7.03. The minimum absolute atomic E-state index is 0.0501. The van der Waals surface area contributed by atoms with Crippen molar-refractivity contribution in [2.45, 2.75) is 32.4 Å². The minimum atomic E-state index is -0.603. The van der Waals surface area contributed by atoms with Crippen molar-refractivity contribution in [1.29, 1.82) is 5.26 Å². The van der Waals surface area contributed by atoms with Crippen LogP contribution in [-0.4, -0.2) is 29.9 Å². The van der Waals surface area contributed by atoms with Crippen molar-refractivity contribution < 1.29 is 9.84 Å². The van der Waals surface area contributed by atoms with Gasteiger partial charge in [-0.25, -0.2) is 0 Å². The lowest BCUT2D eigenvalue weighted by molar-refractivity contribution is 0.0999. The number of aliphatic hydroxyl groups is 1. The van der Waals surface area contributed by atoms with Crippen LogP contribution in [-0.2, 0) is 0 Å². The Morgan fingerprint density at radius 2 is 1.69 bits per heavy atom. The van der Waals surface area contributed by atoms with E-state index in [-0.39, 0.29) is 12.1 Å². The molecule has 0 aromatic heterocycles. The highest BCUT2D eigenvalue weighted by atomic mass is 16.5. The van der Waals surface area contributed by atoms with Gasteiger partial charge in [-0.3, -0.25) is 0 Å². The summed E-state index contributed by atoms with van der Waals surface area (Å²) in [4.78, 5) is 0. The van der Waals surface area contributed by atoms with Crippen LogP contribution in [0.25, 0.3) is 0 Å². The zero-order chi connectivity index (χ0) is 19.0. The fourth-order valence-electron chi connectivity index (χ4n) is 2.13. The normalized spacial score (nSPS) is 11.8. The summed E-state index contributed by atoms with van der Waals surface area (Å²) in [5.41, 5.74) is 2.14. The first kappa shape index (κ1) is 19.5. The first-order valence-electron chi connectivity index (χ1n) is 8.54. The standard InChI is InChI=1S/C22H24N2O2/c1-22(2,3)24-15-20(25)16-26-21-7-5-4-6-19(21)13-12-17-8-10-18(14-23)11-9-17/h4-11,20,24-25H,15-16H2,1-3H3. The lowest BCUT2D eigenvalue weighted by Crippen LogP contribution is -2.42. The van der Waals surface area contributed by atoms with Crippen molar-refractivity contribution in [3.05, 3.63) is 65.2 Å². The summed E-state index contributed by atoms with van der Waals surface area (Å²) in [6.45, 7) is 6.80. The Bertz CT molecular complexity index is 818. The molecular formula is C22H24N2O2. The van der Waals surface area contributed by atoms with E-state index in [1.165, 1.54) is 0 Å². The Labute approximate surface area is 155 Å². The second-order valence-electron chi connectivity index (χ2n) is 7.03. The number of nitrogens with zero attached hydrogens (tertiary/aromatic N) is 1. The van der Waals surface area contributed by atoms with E-state index in [1.807, 2.05) is 36.4 Å². The van der Waals surface area contributed by atoms with E-state index in [0.717, 1.165) is 11.1 Å². The maximum absolute atomic E-state index is 10.1. The average molecular weight is 348 g/mol. The van der Waals surface area contributed by atoms with Gasteiger partial charge in [-0.15, -0.1) is 0 Å². The molecule has 1 unspecified atom stereocenters. The van der Waals surface area contributed by atoms with Crippen LogP contribution in [0.1, 0.15) is 37.5 Å². The van der Waals surface area contributed by atoms with Gasteiger partial charge in [0.1, 0.15) is 18.5 Å². The minimum Gasteiger partial charge on any atom is -0.490 e. The predicted octanol–water partition coefficient (Wildman–Crippen LogP) is 3.09. The SMILES string of the molecule is CC(C)(C)NCC(O)COc1ccccc1C#Cc1ccc(C#N)cc1. The molecule has 0 heterocycles. The van der Waals surface area contributed by atoms with Gasteiger partial charge in [0, 0.05) is 17.6 Å². The topological polar surface area (TPSA) is 65.3 Å². The summed E-state index contributed by atoms with van der Waals surface area (Å²) in [6, 6.07) is 16.7. The molecule has 2 N–H and O–H groups in total. The summed E-state index contributed by atoms with van der Waals surface area (Å²) in [5, 5.41) is 22.2. The third kappa shape index (κ3) is 6.61. The molecule has 26 heavy (non-hydrogen) atoms. The van der Waals surface area contributed by atoms with Crippen molar-refractivity contribution in [1.82, 2.24) is 5.32 Å². The molecule has 0 saturated heterocycles. The highest BCUT2D eigenvalue weighted by Crippen LogP contribution is 2.17. The molecule has 0 radical (unpaired) electrons. The largest absolute Gasteiger partial charge is 0.490 e. The first-order chi connectivity index (χ1) is 12.4. The molecule has 0 bridgehead atoms. The lowest BCUT2D eigenvalue weighted by atomic mass is 10.1. The van der Waals surface area contributed by atoms with Crippen molar-refractivity contribution >= 4 is 0 Å². The Balaban J connectivity index is 2.01. The molecule has 0 aliphatic heterocycles. The van der Waals surface area contributed by atoms with E-state index in [2.05, 4.69) is 44.0 Å². The Kier molecular flexibility index (Phi) is 6.81. The van der Waals surface area contributed by atoms with Crippen molar-refractivity contribution in [2.24, 2.45) is 0 Å². The lowest BCUT2D eigenvalue weighted by Gasteiger charge is -2.23. The first-order valence-corrected chi connectivity index (χ1v) is 8.54. The Hall–Kier alpha value is -2.79. The number of para-hydroxylation sites is 1. The van der Waals surface area contributed by atoms with E-state index >= 15 is 0 Å². The van der Waals surface area contributed by atoms with Crippen molar-refractivity contribution in [2.75, 3.05) is 13.2 Å². The maximum Gasteiger partial charge on any atom is 0.135 e. The molecule has 2 aromatic rings. The summed E-state index contributed by atoms with van der Waals surface area (Å²) < 4.78 is 5.75. The summed E-state index contributed by atoms with van der Waals surface area (Å²) in [5.74, 6) is 6.81. The van der Waals surface area contributed by atoms with E-state index < -0.39 is 6.10 Å². The molecule has 0 aliphatic rings. The van der Waals surface area contributed by atoms with Gasteiger partial charge in [-0.05, 0) is 57.2 Å². The monoisotopic (exact) mass is 348 g/mol. The number of nitriles is 1. The highest BCUT2D eigenvalue weighted by molar-refractivity contribution is 5.50. The third-order valence-electron chi connectivity index (χ3n) is 3.54. The van der Waals surface area contributed by atoms with Crippen LogP contribution in [0, 0.1) is 23.2 Å². The Morgan fingerprint density at radius 3 is 2.35 bits per heavy atom. The Morgan fingerprint density at radius 1 is 1.04 bits per heavy atom. The van der Waals surface area contributed by atoms with Crippen molar-refractivity contribution in [3.63, 3.8) is 0 Å². The number of nitrogens with one attached hydrogen (secondary N) is 1. The summed E-state index contributed by atoms with van der Waals surface area (Å²) in [6.07, 6.45) is -0.603. The predicted molar refractivity (Wildman–Crippen MR) is 103 cm³/mol. The number of hydrogen-bond donors (Lipinski definition) is 2. The molecule has 0 spiro atoms. The molecule has 134 valence electrons. The van der Waals surface area contributed by atoms with E-state index in [4.69, 9.17) is 10.00 Å². The fraction of sp³-hybridized carbons (Fsp3) is 0.318. The molecule has 0 aliphatic carbocycles. The van der Waals surface area contributed by atoms with Gasteiger partial charge in [0.25, 0.3) is 0 Å². The number of β-amino-alcohol motifs (C(OH)–C–C–N with tert-alkyl or cyclic N) is 1. The van der Waals surface area contributed by atoms with E-state index in [1.54, 1.807) is 12.1 Å². The van der Waals surface area contributed by atoms with Crippen LogP contribution >= 0.6 is 0 Å². The zero-order valence-electron chi connectivity index (χ0n) is 15.4. The average Bonchev–Trinajstić information content (AvgIpc) is 2.63. The van der Waals surface area contributed by atoms with Gasteiger partial charge in [0.2, 0.25) is 0 Å². The van der Waals surface area contributed by atoms with Crippen LogP contribution in [0.15, 0.2) is 48.5 Å². The third-order valence-corrected chi connectivity index (χ3v) is 3.54. The van der Waals surface area contributed by atoms with E-state index in [9.17, 15) is 5.11 Å². The van der Waals surface area contributed by atoms with E-state index in [0.29, 0.717) is 17.9 Å². The quantitative estimate of drug-likeness (QED) is 0.815. The van der Waals surface area contributed by atoms with Gasteiger partial charge in [-0.2, -0.15) is 5.26 Å².